The lowest BCUT2D eigenvalue weighted by Gasteiger charge is -2.37. The van der Waals surface area contributed by atoms with Gasteiger partial charge in [0.1, 0.15) is 11.8 Å². The molecule has 1 aliphatic rings. The van der Waals surface area contributed by atoms with Crippen LogP contribution in [0, 0.1) is 16.7 Å². The number of ether oxygens (including phenoxy) is 1. The number of nitrogens with zero attached hydrogens (tertiary/aromatic N) is 3. The van der Waals surface area contributed by atoms with Gasteiger partial charge in [-0.2, -0.15) is 5.26 Å². The van der Waals surface area contributed by atoms with Gasteiger partial charge in [0.25, 0.3) is 5.91 Å². The SMILES string of the molecule is COc1ccc(C(C#N)N2CCN(C(=O)c3cccc(NC(=O)C(C)(C)C)c3)CC2)cc1. The predicted octanol–water partition coefficient (Wildman–Crippen LogP) is 3.70. The molecule has 0 radical (unpaired) electrons. The lowest BCUT2D eigenvalue weighted by Crippen LogP contribution is -2.49. The zero-order chi connectivity index (χ0) is 23.3. The first kappa shape index (κ1) is 23.3. The standard InChI is InChI=1S/C25H30N4O3/c1-25(2,3)24(31)27-20-7-5-6-19(16-20)23(30)29-14-12-28(13-15-29)22(17-26)18-8-10-21(32-4)11-9-18/h5-11,16,22H,12-15H2,1-4H3,(H,27,31). The van der Waals surface area contributed by atoms with Gasteiger partial charge in [0, 0.05) is 42.8 Å². The average Bonchev–Trinajstić information content (AvgIpc) is 2.79. The number of carbonyl (C=O) groups excluding carboxylic acids is 2. The van der Waals surface area contributed by atoms with Crippen molar-refractivity contribution < 1.29 is 14.3 Å². The van der Waals surface area contributed by atoms with Crippen LogP contribution < -0.4 is 10.1 Å². The molecule has 0 spiro atoms. The number of piperazine rings is 1. The molecule has 3 rings (SSSR count). The van der Waals surface area contributed by atoms with E-state index in [9.17, 15) is 14.9 Å². The van der Waals surface area contributed by atoms with E-state index in [1.807, 2.05) is 45.0 Å². The van der Waals surface area contributed by atoms with Crippen LogP contribution in [0.3, 0.4) is 0 Å². The van der Waals surface area contributed by atoms with Gasteiger partial charge in [0.05, 0.1) is 13.2 Å². The summed E-state index contributed by atoms with van der Waals surface area (Å²) < 4.78 is 5.19. The van der Waals surface area contributed by atoms with Crippen LogP contribution in [0.5, 0.6) is 5.75 Å². The van der Waals surface area contributed by atoms with Gasteiger partial charge in [-0.3, -0.25) is 14.5 Å². The second-order valence-corrected chi connectivity index (χ2v) is 8.92. The molecule has 1 atom stereocenters. The molecule has 2 amide bonds. The summed E-state index contributed by atoms with van der Waals surface area (Å²) in [6, 6.07) is 16.6. The number of benzene rings is 2. The van der Waals surface area contributed by atoms with Crippen LogP contribution in [0.1, 0.15) is 42.7 Å². The second-order valence-electron chi connectivity index (χ2n) is 8.92. The molecule has 0 bridgehead atoms. The van der Waals surface area contributed by atoms with E-state index >= 15 is 0 Å². The Morgan fingerprint density at radius 3 is 2.28 bits per heavy atom. The molecular weight excluding hydrogens is 404 g/mol. The van der Waals surface area contributed by atoms with Crippen LogP contribution in [0.4, 0.5) is 5.69 Å². The largest absolute Gasteiger partial charge is 0.497 e. The zero-order valence-corrected chi connectivity index (χ0v) is 19.1. The summed E-state index contributed by atoms with van der Waals surface area (Å²) in [4.78, 5) is 29.2. The smallest absolute Gasteiger partial charge is 0.254 e. The minimum absolute atomic E-state index is 0.0746. The minimum atomic E-state index is -0.516. The number of hydrogen-bond acceptors (Lipinski definition) is 5. The highest BCUT2D eigenvalue weighted by Gasteiger charge is 2.28. The van der Waals surface area contributed by atoms with E-state index in [0.29, 0.717) is 37.4 Å². The maximum Gasteiger partial charge on any atom is 0.254 e. The summed E-state index contributed by atoms with van der Waals surface area (Å²) in [6.45, 7) is 7.82. The summed E-state index contributed by atoms with van der Waals surface area (Å²) in [7, 11) is 1.61. The Bertz CT molecular complexity index is 997. The van der Waals surface area contributed by atoms with Crippen LogP contribution in [0.2, 0.25) is 0 Å². The molecule has 2 aromatic rings. The molecule has 1 heterocycles. The van der Waals surface area contributed by atoms with Gasteiger partial charge in [0.2, 0.25) is 5.91 Å². The first-order chi connectivity index (χ1) is 15.2. The Labute approximate surface area is 189 Å². The maximum atomic E-state index is 13.0. The number of hydrogen-bond donors (Lipinski definition) is 1. The van der Waals surface area contributed by atoms with Gasteiger partial charge in [0.15, 0.2) is 0 Å². The number of anilines is 1. The molecule has 7 heteroatoms. The van der Waals surface area contributed by atoms with E-state index in [0.717, 1.165) is 11.3 Å². The van der Waals surface area contributed by atoms with Crippen molar-refractivity contribution in [3.63, 3.8) is 0 Å². The molecule has 0 aromatic heterocycles. The molecular formula is C25H30N4O3. The average molecular weight is 435 g/mol. The Balaban J connectivity index is 1.63. The van der Waals surface area contributed by atoms with Crippen molar-refractivity contribution in [1.29, 1.82) is 5.26 Å². The van der Waals surface area contributed by atoms with Gasteiger partial charge in [-0.15, -0.1) is 0 Å². The molecule has 32 heavy (non-hydrogen) atoms. The van der Waals surface area contributed by atoms with E-state index in [1.165, 1.54) is 0 Å². The van der Waals surface area contributed by atoms with Gasteiger partial charge < -0.3 is 15.0 Å². The molecule has 1 N–H and O–H groups in total. The van der Waals surface area contributed by atoms with Crippen LogP contribution in [0.25, 0.3) is 0 Å². The first-order valence-electron chi connectivity index (χ1n) is 10.7. The fourth-order valence-corrected chi connectivity index (χ4v) is 3.57. The Kier molecular flexibility index (Phi) is 7.16. The summed E-state index contributed by atoms with van der Waals surface area (Å²) >= 11 is 0. The Morgan fingerprint density at radius 2 is 1.72 bits per heavy atom. The molecule has 1 unspecified atom stereocenters. The fourth-order valence-electron chi connectivity index (χ4n) is 3.57. The van der Waals surface area contributed by atoms with E-state index in [1.54, 1.807) is 36.3 Å². The molecule has 7 nitrogen and oxygen atoms in total. The summed E-state index contributed by atoms with van der Waals surface area (Å²) in [5, 5.41) is 12.6. The summed E-state index contributed by atoms with van der Waals surface area (Å²) in [5.41, 5.74) is 1.54. The van der Waals surface area contributed by atoms with Gasteiger partial charge in [-0.05, 0) is 35.9 Å². The van der Waals surface area contributed by atoms with Crippen molar-refractivity contribution >= 4 is 17.5 Å². The van der Waals surface area contributed by atoms with Crippen LogP contribution in [-0.4, -0.2) is 54.9 Å². The Hall–Kier alpha value is -3.37. The molecule has 1 saturated heterocycles. The van der Waals surface area contributed by atoms with Crippen LogP contribution in [-0.2, 0) is 4.79 Å². The molecule has 1 fully saturated rings. The van der Waals surface area contributed by atoms with Crippen molar-refractivity contribution in [2.24, 2.45) is 5.41 Å². The van der Waals surface area contributed by atoms with Gasteiger partial charge >= 0.3 is 0 Å². The quantitative estimate of drug-likeness (QED) is 0.776. The number of amides is 2. The molecule has 1 aliphatic heterocycles. The minimum Gasteiger partial charge on any atom is -0.497 e. The zero-order valence-electron chi connectivity index (χ0n) is 19.1. The third kappa shape index (κ3) is 5.45. The molecule has 168 valence electrons. The van der Waals surface area contributed by atoms with Crippen LogP contribution >= 0.6 is 0 Å². The third-order valence-corrected chi connectivity index (χ3v) is 5.57. The highest BCUT2D eigenvalue weighted by atomic mass is 16.5. The normalized spacial score (nSPS) is 15.5. The monoisotopic (exact) mass is 434 g/mol. The number of rotatable bonds is 5. The Morgan fingerprint density at radius 1 is 1.06 bits per heavy atom. The number of methoxy groups -OCH3 is 1. The van der Waals surface area contributed by atoms with E-state index in [2.05, 4.69) is 16.3 Å². The highest BCUT2D eigenvalue weighted by Crippen LogP contribution is 2.25. The molecule has 0 saturated carbocycles. The highest BCUT2D eigenvalue weighted by molar-refractivity contribution is 5.98. The lowest BCUT2D eigenvalue weighted by atomic mass is 9.95. The summed E-state index contributed by atoms with van der Waals surface area (Å²) in [5.74, 6) is 0.577. The lowest BCUT2D eigenvalue weighted by molar-refractivity contribution is -0.123. The molecule has 0 aliphatic carbocycles. The van der Waals surface area contributed by atoms with Crippen molar-refractivity contribution in [1.82, 2.24) is 9.80 Å². The molecule has 2 aromatic carbocycles. The van der Waals surface area contributed by atoms with Gasteiger partial charge in [-0.1, -0.05) is 39.0 Å². The predicted molar refractivity (Wildman–Crippen MR) is 123 cm³/mol. The third-order valence-electron chi connectivity index (χ3n) is 5.57. The number of nitriles is 1. The van der Waals surface area contributed by atoms with Crippen LogP contribution in [0.15, 0.2) is 48.5 Å². The van der Waals surface area contributed by atoms with Crippen molar-refractivity contribution in [2.75, 3.05) is 38.6 Å². The van der Waals surface area contributed by atoms with Gasteiger partial charge in [-0.25, -0.2) is 0 Å². The maximum absolute atomic E-state index is 13.0. The second kappa shape index (κ2) is 9.84. The first-order valence-corrected chi connectivity index (χ1v) is 10.7. The van der Waals surface area contributed by atoms with E-state index in [-0.39, 0.29) is 17.9 Å². The topological polar surface area (TPSA) is 85.7 Å². The van der Waals surface area contributed by atoms with E-state index in [4.69, 9.17) is 4.74 Å². The van der Waals surface area contributed by atoms with Crippen molar-refractivity contribution in [3.8, 4) is 11.8 Å². The summed E-state index contributed by atoms with van der Waals surface area (Å²) in [6.07, 6.45) is 0. The van der Waals surface area contributed by atoms with Crippen molar-refractivity contribution in [3.05, 3.63) is 59.7 Å². The fraction of sp³-hybridized carbons (Fsp3) is 0.400. The van der Waals surface area contributed by atoms with E-state index < -0.39 is 5.41 Å². The number of carbonyl (C=O) groups is 2. The number of nitrogens with one attached hydrogen (secondary N) is 1. The van der Waals surface area contributed by atoms with Crippen molar-refractivity contribution in [2.45, 2.75) is 26.8 Å².